The van der Waals surface area contributed by atoms with Gasteiger partial charge in [0.1, 0.15) is 0 Å². The standard InChI is InChI=1S/C28H32N4O2/c33-27(17-21-9-3-1-4-10-21)31-16-8-13-23(20-31)28(34)30-25-14-7-15-26-24(25)18-29-32(26)19-22-11-5-2-6-12-22/h1-6,9-12,18,23,25H,7-8,13-17,19-20H2,(H,30,34). The van der Waals surface area contributed by atoms with Gasteiger partial charge >= 0.3 is 0 Å². The lowest BCUT2D eigenvalue weighted by molar-refractivity contribution is -0.135. The molecule has 176 valence electrons. The van der Waals surface area contributed by atoms with Crippen LogP contribution in [-0.4, -0.2) is 39.6 Å². The molecular formula is C28H32N4O2. The Balaban J connectivity index is 1.21. The van der Waals surface area contributed by atoms with Crippen molar-refractivity contribution in [1.82, 2.24) is 20.0 Å². The number of hydrogen-bond acceptors (Lipinski definition) is 3. The van der Waals surface area contributed by atoms with Gasteiger partial charge in [-0.2, -0.15) is 5.10 Å². The van der Waals surface area contributed by atoms with Crippen molar-refractivity contribution < 1.29 is 9.59 Å². The third-order valence-electron chi connectivity index (χ3n) is 7.10. The van der Waals surface area contributed by atoms with Crippen LogP contribution in [0.1, 0.15) is 54.1 Å². The Labute approximate surface area is 201 Å². The maximum absolute atomic E-state index is 13.2. The van der Waals surface area contributed by atoms with Gasteiger partial charge in [0.05, 0.1) is 31.1 Å². The molecule has 2 atom stereocenters. The molecule has 6 nitrogen and oxygen atoms in total. The first-order valence-corrected chi connectivity index (χ1v) is 12.4. The number of aromatic nitrogens is 2. The van der Waals surface area contributed by atoms with Crippen molar-refractivity contribution in [3.63, 3.8) is 0 Å². The first-order chi connectivity index (χ1) is 16.7. The Morgan fingerprint density at radius 1 is 0.941 bits per heavy atom. The van der Waals surface area contributed by atoms with E-state index in [1.54, 1.807) is 0 Å². The van der Waals surface area contributed by atoms with Gasteiger partial charge in [0.2, 0.25) is 11.8 Å². The van der Waals surface area contributed by atoms with Crippen LogP contribution in [0.3, 0.4) is 0 Å². The smallest absolute Gasteiger partial charge is 0.227 e. The normalized spacial score (nSPS) is 19.9. The van der Waals surface area contributed by atoms with E-state index in [1.165, 1.54) is 11.3 Å². The molecule has 0 saturated carbocycles. The average Bonchev–Trinajstić information content (AvgIpc) is 3.29. The summed E-state index contributed by atoms with van der Waals surface area (Å²) < 4.78 is 2.08. The van der Waals surface area contributed by atoms with E-state index >= 15 is 0 Å². The van der Waals surface area contributed by atoms with Crippen molar-refractivity contribution in [1.29, 1.82) is 0 Å². The van der Waals surface area contributed by atoms with Gasteiger partial charge in [0, 0.05) is 24.3 Å². The third-order valence-corrected chi connectivity index (χ3v) is 7.10. The minimum absolute atomic E-state index is 0.00355. The summed E-state index contributed by atoms with van der Waals surface area (Å²) in [6, 6.07) is 20.2. The van der Waals surface area contributed by atoms with Crippen LogP contribution < -0.4 is 5.32 Å². The first-order valence-electron chi connectivity index (χ1n) is 12.4. The topological polar surface area (TPSA) is 67.2 Å². The fraction of sp³-hybridized carbons (Fsp3) is 0.393. The first kappa shape index (κ1) is 22.4. The van der Waals surface area contributed by atoms with Crippen LogP contribution in [-0.2, 0) is 29.0 Å². The van der Waals surface area contributed by atoms with Gasteiger partial charge in [-0.1, -0.05) is 60.7 Å². The van der Waals surface area contributed by atoms with Crippen molar-refractivity contribution in [3.8, 4) is 0 Å². The van der Waals surface area contributed by atoms with E-state index in [0.29, 0.717) is 13.0 Å². The SMILES string of the molecule is O=C(NC1CCCc2c1cnn2Cc1ccccc1)C1CCCN(C(=O)Cc2ccccc2)C1. The molecule has 2 unspecified atom stereocenters. The van der Waals surface area contributed by atoms with E-state index in [9.17, 15) is 9.59 Å². The lowest BCUT2D eigenvalue weighted by Gasteiger charge is -2.33. The predicted molar refractivity (Wildman–Crippen MR) is 131 cm³/mol. The van der Waals surface area contributed by atoms with Crippen LogP contribution >= 0.6 is 0 Å². The van der Waals surface area contributed by atoms with Crippen molar-refractivity contribution in [2.75, 3.05) is 13.1 Å². The van der Waals surface area contributed by atoms with Gasteiger partial charge in [-0.25, -0.2) is 0 Å². The molecule has 1 fully saturated rings. The van der Waals surface area contributed by atoms with Crippen LogP contribution in [0.2, 0.25) is 0 Å². The molecule has 0 spiro atoms. The zero-order valence-electron chi connectivity index (χ0n) is 19.5. The van der Waals surface area contributed by atoms with E-state index in [4.69, 9.17) is 0 Å². The fourth-order valence-electron chi connectivity index (χ4n) is 5.25. The van der Waals surface area contributed by atoms with Crippen molar-refractivity contribution in [3.05, 3.63) is 89.2 Å². The third kappa shape index (κ3) is 5.06. The summed E-state index contributed by atoms with van der Waals surface area (Å²) in [5.41, 5.74) is 4.61. The summed E-state index contributed by atoms with van der Waals surface area (Å²) >= 11 is 0. The average molecular weight is 457 g/mol. The highest BCUT2D eigenvalue weighted by atomic mass is 16.2. The molecule has 2 aliphatic rings. The lowest BCUT2D eigenvalue weighted by atomic mass is 9.91. The number of carbonyl (C=O) groups excluding carboxylic acids is 2. The molecule has 0 radical (unpaired) electrons. The summed E-state index contributed by atoms with van der Waals surface area (Å²) in [5.74, 6) is 0.00919. The number of benzene rings is 2. The molecular weight excluding hydrogens is 424 g/mol. The molecule has 1 aliphatic carbocycles. The summed E-state index contributed by atoms with van der Waals surface area (Å²) in [6.45, 7) is 1.98. The van der Waals surface area contributed by atoms with E-state index in [0.717, 1.165) is 56.3 Å². The second-order valence-corrected chi connectivity index (χ2v) is 9.48. The number of nitrogens with zero attached hydrogens (tertiary/aromatic N) is 3. The predicted octanol–water partition coefficient (Wildman–Crippen LogP) is 3.91. The number of amides is 2. The number of hydrogen-bond donors (Lipinski definition) is 1. The Kier molecular flexibility index (Phi) is 6.74. The van der Waals surface area contributed by atoms with E-state index in [-0.39, 0.29) is 23.8 Å². The Morgan fingerprint density at radius 2 is 1.68 bits per heavy atom. The van der Waals surface area contributed by atoms with Gasteiger partial charge in [0.15, 0.2) is 0 Å². The lowest BCUT2D eigenvalue weighted by Crippen LogP contribution is -2.46. The fourth-order valence-corrected chi connectivity index (χ4v) is 5.25. The maximum atomic E-state index is 13.2. The molecule has 1 saturated heterocycles. The highest BCUT2D eigenvalue weighted by molar-refractivity contribution is 5.82. The molecule has 1 aliphatic heterocycles. The molecule has 5 rings (SSSR count). The Hall–Kier alpha value is -3.41. The van der Waals surface area contributed by atoms with Gasteiger partial charge in [-0.05, 0) is 43.2 Å². The van der Waals surface area contributed by atoms with Gasteiger partial charge in [0.25, 0.3) is 0 Å². The van der Waals surface area contributed by atoms with Crippen molar-refractivity contribution in [2.45, 2.75) is 51.1 Å². The van der Waals surface area contributed by atoms with E-state index < -0.39 is 0 Å². The Bertz CT molecular complexity index is 1130. The molecule has 2 aromatic carbocycles. The summed E-state index contributed by atoms with van der Waals surface area (Å²) in [7, 11) is 0. The summed E-state index contributed by atoms with van der Waals surface area (Å²) in [6.07, 6.45) is 6.96. The summed E-state index contributed by atoms with van der Waals surface area (Å²) in [4.78, 5) is 27.9. The quantitative estimate of drug-likeness (QED) is 0.612. The maximum Gasteiger partial charge on any atom is 0.227 e. The molecule has 0 bridgehead atoms. The molecule has 6 heteroatoms. The van der Waals surface area contributed by atoms with Crippen molar-refractivity contribution in [2.24, 2.45) is 5.92 Å². The van der Waals surface area contributed by atoms with Gasteiger partial charge in [-0.15, -0.1) is 0 Å². The number of fused-ring (bicyclic) bond motifs is 1. The molecule has 34 heavy (non-hydrogen) atoms. The molecule has 2 heterocycles. The largest absolute Gasteiger partial charge is 0.349 e. The number of likely N-dealkylation sites (tertiary alicyclic amines) is 1. The number of rotatable bonds is 6. The highest BCUT2D eigenvalue weighted by Gasteiger charge is 2.32. The van der Waals surface area contributed by atoms with E-state index in [1.807, 2.05) is 59.6 Å². The molecule has 2 amide bonds. The minimum Gasteiger partial charge on any atom is -0.349 e. The summed E-state index contributed by atoms with van der Waals surface area (Å²) in [5, 5.41) is 7.95. The Morgan fingerprint density at radius 3 is 2.44 bits per heavy atom. The zero-order chi connectivity index (χ0) is 23.3. The van der Waals surface area contributed by atoms with Crippen LogP contribution in [0.15, 0.2) is 66.9 Å². The van der Waals surface area contributed by atoms with Gasteiger partial charge in [-0.3, -0.25) is 14.3 Å². The van der Waals surface area contributed by atoms with Gasteiger partial charge < -0.3 is 10.2 Å². The van der Waals surface area contributed by atoms with E-state index in [2.05, 4.69) is 27.2 Å². The number of carbonyl (C=O) groups is 2. The monoisotopic (exact) mass is 456 g/mol. The van der Waals surface area contributed by atoms with Crippen LogP contribution in [0.5, 0.6) is 0 Å². The second-order valence-electron chi connectivity index (χ2n) is 9.48. The van der Waals surface area contributed by atoms with Crippen LogP contribution in [0.25, 0.3) is 0 Å². The number of piperidine rings is 1. The van der Waals surface area contributed by atoms with Crippen molar-refractivity contribution >= 4 is 11.8 Å². The minimum atomic E-state index is -0.154. The number of nitrogens with one attached hydrogen (secondary N) is 1. The highest BCUT2D eigenvalue weighted by Crippen LogP contribution is 2.31. The molecule has 3 aromatic rings. The zero-order valence-corrected chi connectivity index (χ0v) is 19.5. The molecule has 1 N–H and O–H groups in total. The second kappa shape index (κ2) is 10.2. The molecule has 1 aromatic heterocycles. The van der Waals surface area contributed by atoms with Crippen LogP contribution in [0, 0.1) is 5.92 Å². The van der Waals surface area contributed by atoms with Crippen LogP contribution in [0.4, 0.5) is 0 Å².